The van der Waals surface area contributed by atoms with Crippen molar-refractivity contribution < 1.29 is 9.84 Å². The molecule has 5 nitrogen and oxygen atoms in total. The summed E-state index contributed by atoms with van der Waals surface area (Å²) in [4.78, 5) is 4.27. The number of morpholine rings is 1. The van der Waals surface area contributed by atoms with Crippen molar-refractivity contribution in [2.75, 3.05) is 44.3 Å². The summed E-state index contributed by atoms with van der Waals surface area (Å²) in [6, 6.07) is 14.8. The van der Waals surface area contributed by atoms with Crippen molar-refractivity contribution in [3.63, 3.8) is 0 Å². The predicted molar refractivity (Wildman–Crippen MR) is 114 cm³/mol. The molecule has 2 aromatic carbocycles. The van der Waals surface area contributed by atoms with Crippen LogP contribution in [0.5, 0.6) is 5.75 Å². The SMILES string of the molecule is Oc1ccccc1CN(C(=S)NCCN1CCOCC1)c1ccccc1Cl. The van der Waals surface area contributed by atoms with Crippen molar-refractivity contribution >= 4 is 34.6 Å². The zero-order valence-corrected chi connectivity index (χ0v) is 16.7. The Kier molecular flexibility index (Phi) is 7.29. The molecular formula is C20H24ClN3O2S. The minimum atomic E-state index is 0.241. The number of anilines is 1. The van der Waals surface area contributed by atoms with Crippen molar-refractivity contribution in [2.45, 2.75) is 6.54 Å². The molecule has 0 unspecified atom stereocenters. The number of aromatic hydroxyl groups is 1. The summed E-state index contributed by atoms with van der Waals surface area (Å²) in [6.07, 6.45) is 0. The average molecular weight is 406 g/mol. The summed E-state index contributed by atoms with van der Waals surface area (Å²) >= 11 is 12.1. The highest BCUT2D eigenvalue weighted by Gasteiger charge is 2.17. The summed E-state index contributed by atoms with van der Waals surface area (Å²) in [5.74, 6) is 0.241. The van der Waals surface area contributed by atoms with Crippen LogP contribution in [0.1, 0.15) is 5.56 Å². The number of para-hydroxylation sites is 2. The molecule has 0 aliphatic carbocycles. The van der Waals surface area contributed by atoms with Crippen LogP contribution >= 0.6 is 23.8 Å². The van der Waals surface area contributed by atoms with Crippen LogP contribution in [0.3, 0.4) is 0 Å². The third-order valence-electron chi connectivity index (χ3n) is 4.52. The number of rotatable bonds is 6. The van der Waals surface area contributed by atoms with Crippen LogP contribution in [0.25, 0.3) is 0 Å². The summed E-state index contributed by atoms with van der Waals surface area (Å²) in [6.45, 7) is 5.52. The molecule has 2 aromatic rings. The van der Waals surface area contributed by atoms with Gasteiger partial charge in [0.25, 0.3) is 0 Å². The molecule has 0 bridgehead atoms. The molecule has 27 heavy (non-hydrogen) atoms. The van der Waals surface area contributed by atoms with Crippen LogP contribution in [-0.2, 0) is 11.3 Å². The van der Waals surface area contributed by atoms with E-state index in [1.165, 1.54) is 0 Å². The Bertz CT molecular complexity index is 768. The van der Waals surface area contributed by atoms with Crippen molar-refractivity contribution in [1.29, 1.82) is 0 Å². The number of benzene rings is 2. The van der Waals surface area contributed by atoms with Crippen molar-refractivity contribution in [3.8, 4) is 5.75 Å². The highest BCUT2D eigenvalue weighted by molar-refractivity contribution is 7.80. The minimum absolute atomic E-state index is 0.241. The van der Waals surface area contributed by atoms with Gasteiger partial charge in [0.1, 0.15) is 5.75 Å². The third kappa shape index (κ3) is 5.56. The molecule has 0 atom stereocenters. The lowest BCUT2D eigenvalue weighted by molar-refractivity contribution is 0.0389. The largest absolute Gasteiger partial charge is 0.508 e. The number of phenols is 1. The Balaban J connectivity index is 1.70. The number of halogens is 1. The second-order valence-electron chi connectivity index (χ2n) is 6.35. The zero-order chi connectivity index (χ0) is 19.1. The predicted octanol–water partition coefficient (Wildman–Crippen LogP) is 3.26. The highest BCUT2D eigenvalue weighted by Crippen LogP contribution is 2.28. The molecule has 1 aliphatic heterocycles. The molecule has 2 N–H and O–H groups in total. The highest BCUT2D eigenvalue weighted by atomic mass is 35.5. The number of thiocarbonyl (C=S) groups is 1. The minimum Gasteiger partial charge on any atom is -0.508 e. The average Bonchev–Trinajstić information content (AvgIpc) is 2.69. The van der Waals surface area contributed by atoms with Gasteiger partial charge in [0.15, 0.2) is 5.11 Å². The van der Waals surface area contributed by atoms with Crippen molar-refractivity contribution in [1.82, 2.24) is 10.2 Å². The van der Waals surface area contributed by atoms with Crippen LogP contribution in [0.2, 0.25) is 5.02 Å². The molecule has 0 spiro atoms. The summed E-state index contributed by atoms with van der Waals surface area (Å²) in [7, 11) is 0. The van der Waals surface area contributed by atoms with E-state index in [4.69, 9.17) is 28.6 Å². The van der Waals surface area contributed by atoms with Gasteiger partial charge in [-0.2, -0.15) is 0 Å². The first-order valence-electron chi connectivity index (χ1n) is 9.02. The molecule has 0 amide bonds. The van der Waals surface area contributed by atoms with E-state index in [1.54, 1.807) is 12.1 Å². The summed E-state index contributed by atoms with van der Waals surface area (Å²) in [5.41, 5.74) is 1.60. The maximum atomic E-state index is 10.2. The Morgan fingerprint density at radius 3 is 2.59 bits per heavy atom. The van der Waals surface area contributed by atoms with E-state index >= 15 is 0 Å². The van der Waals surface area contributed by atoms with Crippen LogP contribution in [0.4, 0.5) is 5.69 Å². The van der Waals surface area contributed by atoms with E-state index in [1.807, 2.05) is 41.3 Å². The van der Waals surface area contributed by atoms with Crippen LogP contribution in [0.15, 0.2) is 48.5 Å². The summed E-state index contributed by atoms with van der Waals surface area (Å²) < 4.78 is 5.38. The molecule has 7 heteroatoms. The van der Waals surface area contributed by atoms with Crippen LogP contribution in [0, 0.1) is 0 Å². The maximum Gasteiger partial charge on any atom is 0.173 e. The first kappa shape index (κ1) is 19.9. The number of hydrogen-bond donors (Lipinski definition) is 2. The number of nitrogens with zero attached hydrogens (tertiary/aromatic N) is 2. The molecule has 144 valence electrons. The first-order chi connectivity index (χ1) is 13.1. The zero-order valence-electron chi connectivity index (χ0n) is 15.1. The lowest BCUT2D eigenvalue weighted by Gasteiger charge is -2.29. The van der Waals surface area contributed by atoms with E-state index < -0.39 is 0 Å². The molecule has 0 aromatic heterocycles. The second kappa shape index (κ2) is 9.90. The number of ether oxygens (including phenoxy) is 1. The molecule has 1 fully saturated rings. The van der Waals surface area contributed by atoms with Gasteiger partial charge in [-0.05, 0) is 30.4 Å². The van der Waals surface area contributed by atoms with Gasteiger partial charge in [0, 0.05) is 31.7 Å². The molecule has 0 saturated carbocycles. The van der Waals surface area contributed by atoms with E-state index in [2.05, 4.69) is 10.2 Å². The topological polar surface area (TPSA) is 48.0 Å². The van der Waals surface area contributed by atoms with E-state index in [9.17, 15) is 5.11 Å². The lowest BCUT2D eigenvalue weighted by atomic mass is 10.2. The molecular weight excluding hydrogens is 382 g/mol. The number of phenolic OH excluding ortho intramolecular Hbond substituents is 1. The smallest absolute Gasteiger partial charge is 0.173 e. The van der Waals surface area contributed by atoms with Crippen molar-refractivity contribution in [3.05, 3.63) is 59.1 Å². The van der Waals surface area contributed by atoms with Gasteiger partial charge in [0.05, 0.1) is 30.5 Å². The van der Waals surface area contributed by atoms with Gasteiger partial charge in [-0.3, -0.25) is 4.90 Å². The maximum absolute atomic E-state index is 10.2. The molecule has 0 radical (unpaired) electrons. The Labute approximate surface area is 170 Å². The standard InChI is InChI=1S/C20H24ClN3O2S/c21-17-6-2-3-7-18(17)24(15-16-5-1-4-8-19(16)25)20(27)22-9-10-23-11-13-26-14-12-23/h1-8,25H,9-15H2,(H,22,27). The number of hydrogen-bond acceptors (Lipinski definition) is 4. The molecule has 1 heterocycles. The lowest BCUT2D eigenvalue weighted by Crippen LogP contribution is -2.45. The van der Waals surface area contributed by atoms with Gasteiger partial charge in [0.2, 0.25) is 0 Å². The van der Waals surface area contributed by atoms with Crippen LogP contribution in [-0.4, -0.2) is 54.5 Å². The van der Waals surface area contributed by atoms with Gasteiger partial charge in [-0.15, -0.1) is 0 Å². The first-order valence-corrected chi connectivity index (χ1v) is 9.80. The number of nitrogens with one attached hydrogen (secondary N) is 1. The quantitative estimate of drug-likeness (QED) is 0.719. The van der Waals surface area contributed by atoms with Gasteiger partial charge < -0.3 is 20.1 Å². The van der Waals surface area contributed by atoms with Gasteiger partial charge in [-0.25, -0.2) is 0 Å². The van der Waals surface area contributed by atoms with Gasteiger partial charge >= 0.3 is 0 Å². The Hall–Kier alpha value is -1.86. The summed E-state index contributed by atoms with van der Waals surface area (Å²) in [5, 5.41) is 14.7. The molecule has 1 saturated heterocycles. The van der Waals surface area contributed by atoms with Gasteiger partial charge in [-0.1, -0.05) is 41.9 Å². The Morgan fingerprint density at radius 1 is 1.15 bits per heavy atom. The van der Waals surface area contributed by atoms with Crippen molar-refractivity contribution in [2.24, 2.45) is 0 Å². The fraction of sp³-hybridized carbons (Fsp3) is 0.350. The fourth-order valence-corrected chi connectivity index (χ4v) is 3.50. The van der Waals surface area contributed by atoms with E-state index in [0.29, 0.717) is 16.7 Å². The third-order valence-corrected chi connectivity index (χ3v) is 5.20. The van der Waals surface area contributed by atoms with E-state index in [0.717, 1.165) is 50.6 Å². The molecule has 1 aliphatic rings. The molecule has 3 rings (SSSR count). The normalized spacial score (nSPS) is 14.7. The van der Waals surface area contributed by atoms with E-state index in [-0.39, 0.29) is 5.75 Å². The monoisotopic (exact) mass is 405 g/mol. The fourth-order valence-electron chi connectivity index (χ4n) is 2.99. The second-order valence-corrected chi connectivity index (χ2v) is 7.15. The Morgan fingerprint density at radius 2 is 1.85 bits per heavy atom. The van der Waals surface area contributed by atoms with Crippen LogP contribution < -0.4 is 10.2 Å².